The minimum atomic E-state index is 0.633. The van der Waals surface area contributed by atoms with Crippen LogP contribution in [0.5, 0.6) is 0 Å². The molecule has 1 aromatic carbocycles. The molecule has 2 heterocycles. The number of rotatable bonds is 3. The molecule has 0 aliphatic carbocycles. The van der Waals surface area contributed by atoms with Crippen LogP contribution in [0.25, 0.3) is 10.2 Å². The fraction of sp³-hybridized carbons (Fsp3) is 0.462. The summed E-state index contributed by atoms with van der Waals surface area (Å²) in [5, 5.41) is 8.13. The summed E-state index contributed by atoms with van der Waals surface area (Å²) >= 11 is 1.76. The molecule has 0 radical (unpaired) electrons. The first-order chi connectivity index (χ1) is 8.31. The number of nitrogens with zero attached hydrogens (tertiary/aromatic N) is 1. The van der Waals surface area contributed by atoms with Crippen LogP contribution in [-0.2, 0) is 0 Å². The van der Waals surface area contributed by atoms with Crippen molar-refractivity contribution in [3.05, 3.63) is 23.2 Å². The molecule has 4 heteroatoms. The molecule has 1 aromatic heterocycles. The van der Waals surface area contributed by atoms with E-state index in [9.17, 15) is 0 Å². The quantitative estimate of drug-likeness (QED) is 0.875. The zero-order chi connectivity index (χ0) is 11.7. The number of nitrogens with one attached hydrogen (secondary N) is 2. The van der Waals surface area contributed by atoms with Crippen molar-refractivity contribution in [3.8, 4) is 0 Å². The van der Waals surface area contributed by atoms with Crippen molar-refractivity contribution in [2.75, 3.05) is 18.4 Å². The van der Waals surface area contributed by atoms with E-state index in [1.807, 2.05) is 0 Å². The second-order valence-electron chi connectivity index (χ2n) is 4.59. The fourth-order valence-corrected chi connectivity index (χ4v) is 3.19. The highest BCUT2D eigenvalue weighted by molar-refractivity contribution is 7.18. The Labute approximate surface area is 105 Å². The third-order valence-electron chi connectivity index (χ3n) is 3.21. The van der Waals surface area contributed by atoms with Crippen LogP contribution in [-0.4, -0.2) is 24.1 Å². The van der Waals surface area contributed by atoms with Gasteiger partial charge in [-0.3, -0.25) is 0 Å². The van der Waals surface area contributed by atoms with E-state index in [-0.39, 0.29) is 0 Å². The van der Waals surface area contributed by atoms with E-state index >= 15 is 0 Å². The Morgan fingerprint density at radius 1 is 1.53 bits per heavy atom. The molecule has 0 amide bonds. The zero-order valence-electron chi connectivity index (χ0n) is 9.99. The average Bonchev–Trinajstić information content (AvgIpc) is 2.92. The van der Waals surface area contributed by atoms with E-state index in [0.29, 0.717) is 6.04 Å². The van der Waals surface area contributed by atoms with Crippen LogP contribution in [0.1, 0.15) is 17.8 Å². The Morgan fingerprint density at radius 3 is 3.29 bits per heavy atom. The molecule has 3 rings (SSSR count). The smallest absolute Gasteiger partial charge is 0.0907 e. The fourth-order valence-electron chi connectivity index (χ4n) is 2.32. The summed E-state index contributed by atoms with van der Waals surface area (Å²) in [4.78, 5) is 4.47. The molecule has 1 aliphatic heterocycles. The second kappa shape index (κ2) is 4.63. The maximum atomic E-state index is 4.47. The van der Waals surface area contributed by atoms with Crippen LogP contribution in [0.15, 0.2) is 18.2 Å². The molecule has 17 heavy (non-hydrogen) atoms. The van der Waals surface area contributed by atoms with Gasteiger partial charge in [0.05, 0.1) is 15.2 Å². The SMILES string of the molecule is Cc1nc2ccc(NCC3CCCN3)cc2s1. The summed E-state index contributed by atoms with van der Waals surface area (Å²) < 4.78 is 1.27. The first-order valence-corrected chi connectivity index (χ1v) is 6.97. The summed E-state index contributed by atoms with van der Waals surface area (Å²) in [5.74, 6) is 0. The maximum Gasteiger partial charge on any atom is 0.0907 e. The summed E-state index contributed by atoms with van der Waals surface area (Å²) in [5.41, 5.74) is 2.31. The van der Waals surface area contributed by atoms with Crippen molar-refractivity contribution in [2.45, 2.75) is 25.8 Å². The van der Waals surface area contributed by atoms with Gasteiger partial charge in [0.15, 0.2) is 0 Å². The van der Waals surface area contributed by atoms with Gasteiger partial charge >= 0.3 is 0 Å². The lowest BCUT2D eigenvalue weighted by molar-refractivity contribution is 0.633. The van der Waals surface area contributed by atoms with Crippen molar-refractivity contribution in [3.63, 3.8) is 0 Å². The molecule has 1 fully saturated rings. The molecule has 2 N–H and O–H groups in total. The van der Waals surface area contributed by atoms with E-state index in [2.05, 4.69) is 40.7 Å². The minimum Gasteiger partial charge on any atom is -0.383 e. The van der Waals surface area contributed by atoms with E-state index in [1.54, 1.807) is 11.3 Å². The monoisotopic (exact) mass is 247 g/mol. The van der Waals surface area contributed by atoms with Gasteiger partial charge in [-0.15, -0.1) is 11.3 Å². The third-order valence-corrected chi connectivity index (χ3v) is 4.14. The van der Waals surface area contributed by atoms with Gasteiger partial charge in [0.2, 0.25) is 0 Å². The Morgan fingerprint density at radius 2 is 2.47 bits per heavy atom. The van der Waals surface area contributed by atoms with Gasteiger partial charge in [-0.25, -0.2) is 4.98 Å². The van der Waals surface area contributed by atoms with Crippen molar-refractivity contribution in [2.24, 2.45) is 0 Å². The number of anilines is 1. The van der Waals surface area contributed by atoms with E-state index in [4.69, 9.17) is 0 Å². The normalized spacial score (nSPS) is 19.9. The summed E-state index contributed by atoms with van der Waals surface area (Å²) in [6.07, 6.45) is 2.59. The lowest BCUT2D eigenvalue weighted by Gasteiger charge is -2.12. The van der Waals surface area contributed by atoms with Crippen LogP contribution >= 0.6 is 11.3 Å². The van der Waals surface area contributed by atoms with Gasteiger partial charge < -0.3 is 10.6 Å². The van der Waals surface area contributed by atoms with Gasteiger partial charge in [-0.1, -0.05) is 0 Å². The minimum absolute atomic E-state index is 0.633. The molecule has 1 unspecified atom stereocenters. The van der Waals surface area contributed by atoms with Crippen LogP contribution in [0.2, 0.25) is 0 Å². The molecule has 90 valence electrons. The van der Waals surface area contributed by atoms with Crippen LogP contribution in [0.4, 0.5) is 5.69 Å². The summed E-state index contributed by atoms with van der Waals surface area (Å²) in [6, 6.07) is 7.06. The number of benzene rings is 1. The zero-order valence-corrected chi connectivity index (χ0v) is 10.8. The number of fused-ring (bicyclic) bond motifs is 1. The highest BCUT2D eigenvalue weighted by Crippen LogP contribution is 2.24. The summed E-state index contributed by atoms with van der Waals surface area (Å²) in [6.45, 7) is 4.24. The second-order valence-corrected chi connectivity index (χ2v) is 5.82. The largest absolute Gasteiger partial charge is 0.383 e. The highest BCUT2D eigenvalue weighted by atomic mass is 32.1. The van der Waals surface area contributed by atoms with E-state index in [0.717, 1.165) is 17.1 Å². The average molecular weight is 247 g/mol. The maximum absolute atomic E-state index is 4.47. The van der Waals surface area contributed by atoms with Crippen molar-refractivity contribution >= 4 is 27.2 Å². The highest BCUT2D eigenvalue weighted by Gasteiger charge is 2.13. The Balaban J connectivity index is 1.71. The molecule has 1 aliphatic rings. The number of hydrogen-bond acceptors (Lipinski definition) is 4. The number of hydrogen-bond donors (Lipinski definition) is 2. The molecule has 2 aromatic rings. The van der Waals surface area contributed by atoms with Gasteiger partial charge in [0.1, 0.15) is 0 Å². The van der Waals surface area contributed by atoms with Crippen LogP contribution < -0.4 is 10.6 Å². The number of aromatic nitrogens is 1. The molecule has 0 spiro atoms. The number of aryl methyl sites for hydroxylation is 1. The molecular weight excluding hydrogens is 230 g/mol. The molecule has 1 saturated heterocycles. The Kier molecular flexibility index (Phi) is 2.99. The topological polar surface area (TPSA) is 37.0 Å². The molecule has 3 nitrogen and oxygen atoms in total. The van der Waals surface area contributed by atoms with Crippen molar-refractivity contribution in [1.29, 1.82) is 0 Å². The summed E-state index contributed by atoms with van der Waals surface area (Å²) in [7, 11) is 0. The number of thiazole rings is 1. The molecule has 1 atom stereocenters. The van der Waals surface area contributed by atoms with Gasteiger partial charge in [-0.2, -0.15) is 0 Å². The Bertz CT molecular complexity index is 514. The standard InChI is InChI=1S/C13H17N3S/c1-9-16-12-5-4-10(7-13(12)17-9)15-8-11-3-2-6-14-11/h4-5,7,11,14-15H,2-3,6,8H2,1H3. The third kappa shape index (κ3) is 2.42. The molecular formula is C13H17N3S. The van der Waals surface area contributed by atoms with Gasteiger partial charge in [0.25, 0.3) is 0 Å². The molecule has 0 bridgehead atoms. The first-order valence-electron chi connectivity index (χ1n) is 6.16. The lowest BCUT2D eigenvalue weighted by Crippen LogP contribution is -2.29. The van der Waals surface area contributed by atoms with Gasteiger partial charge in [-0.05, 0) is 44.5 Å². The van der Waals surface area contributed by atoms with Crippen LogP contribution in [0.3, 0.4) is 0 Å². The van der Waals surface area contributed by atoms with Crippen molar-refractivity contribution < 1.29 is 0 Å². The van der Waals surface area contributed by atoms with E-state index in [1.165, 1.54) is 29.8 Å². The lowest BCUT2D eigenvalue weighted by atomic mass is 10.2. The van der Waals surface area contributed by atoms with Crippen LogP contribution in [0, 0.1) is 6.92 Å². The Hall–Kier alpha value is -1.13. The van der Waals surface area contributed by atoms with Crippen molar-refractivity contribution in [1.82, 2.24) is 10.3 Å². The predicted molar refractivity (Wildman–Crippen MR) is 73.9 cm³/mol. The first kappa shape index (κ1) is 11.0. The predicted octanol–water partition coefficient (Wildman–Crippen LogP) is 2.77. The molecule has 0 saturated carbocycles. The van der Waals surface area contributed by atoms with Gasteiger partial charge in [0, 0.05) is 18.3 Å². The van der Waals surface area contributed by atoms with E-state index < -0.39 is 0 Å².